The van der Waals surface area contributed by atoms with Gasteiger partial charge in [0.05, 0.1) is 19.8 Å². The van der Waals surface area contributed by atoms with Crippen LogP contribution in [0.2, 0.25) is 0 Å². The standard InChI is InChI=1S/C10H9NO3/c1-13-8-5-3-4-7(6-11)9(8)10(12)14-2/h3-5H,1-2H3. The van der Waals surface area contributed by atoms with Crippen molar-refractivity contribution in [2.24, 2.45) is 0 Å². The predicted octanol–water partition coefficient (Wildman–Crippen LogP) is 1.35. The summed E-state index contributed by atoms with van der Waals surface area (Å²) in [7, 11) is 2.69. The number of ether oxygens (including phenoxy) is 2. The Balaban J connectivity index is 3.35. The molecule has 72 valence electrons. The van der Waals surface area contributed by atoms with Gasteiger partial charge in [0.2, 0.25) is 0 Å². The average Bonchev–Trinajstić information content (AvgIpc) is 2.26. The molecule has 0 saturated heterocycles. The Labute approximate surface area is 81.7 Å². The van der Waals surface area contributed by atoms with E-state index in [0.29, 0.717) is 5.75 Å². The van der Waals surface area contributed by atoms with Crippen molar-refractivity contribution in [3.8, 4) is 11.8 Å². The van der Waals surface area contributed by atoms with Crippen molar-refractivity contribution < 1.29 is 14.3 Å². The van der Waals surface area contributed by atoms with Gasteiger partial charge in [-0.1, -0.05) is 6.07 Å². The SMILES string of the molecule is COC(=O)c1c(C#N)cccc1OC. The lowest BCUT2D eigenvalue weighted by atomic mass is 10.1. The number of esters is 1. The summed E-state index contributed by atoms with van der Waals surface area (Å²) in [6.45, 7) is 0. The topological polar surface area (TPSA) is 59.3 Å². The molecule has 0 N–H and O–H groups in total. The van der Waals surface area contributed by atoms with E-state index < -0.39 is 5.97 Å². The van der Waals surface area contributed by atoms with E-state index in [2.05, 4.69) is 4.74 Å². The molecule has 0 heterocycles. The highest BCUT2D eigenvalue weighted by molar-refractivity contribution is 5.95. The van der Waals surface area contributed by atoms with Gasteiger partial charge in [-0.05, 0) is 12.1 Å². The number of hydrogen-bond donors (Lipinski definition) is 0. The highest BCUT2D eigenvalue weighted by Gasteiger charge is 2.17. The van der Waals surface area contributed by atoms with E-state index in [1.165, 1.54) is 20.3 Å². The van der Waals surface area contributed by atoms with E-state index >= 15 is 0 Å². The fourth-order valence-corrected chi connectivity index (χ4v) is 1.11. The van der Waals surface area contributed by atoms with Crippen LogP contribution in [0.15, 0.2) is 18.2 Å². The van der Waals surface area contributed by atoms with Crippen LogP contribution in [0.25, 0.3) is 0 Å². The lowest BCUT2D eigenvalue weighted by Gasteiger charge is -2.07. The van der Waals surface area contributed by atoms with Crippen LogP contribution in [-0.2, 0) is 4.74 Å². The number of hydrogen-bond acceptors (Lipinski definition) is 4. The van der Waals surface area contributed by atoms with Crippen LogP contribution in [0.3, 0.4) is 0 Å². The number of rotatable bonds is 2. The van der Waals surface area contributed by atoms with Gasteiger partial charge < -0.3 is 9.47 Å². The van der Waals surface area contributed by atoms with Crippen LogP contribution in [-0.4, -0.2) is 20.2 Å². The minimum Gasteiger partial charge on any atom is -0.496 e. The highest BCUT2D eigenvalue weighted by atomic mass is 16.5. The van der Waals surface area contributed by atoms with Crippen molar-refractivity contribution in [2.45, 2.75) is 0 Å². The smallest absolute Gasteiger partial charge is 0.343 e. The van der Waals surface area contributed by atoms with E-state index in [-0.39, 0.29) is 11.1 Å². The van der Waals surface area contributed by atoms with Crippen molar-refractivity contribution in [1.29, 1.82) is 5.26 Å². The number of carbonyl (C=O) groups is 1. The summed E-state index contributed by atoms with van der Waals surface area (Å²) in [4.78, 5) is 11.3. The summed E-state index contributed by atoms with van der Waals surface area (Å²) in [5.41, 5.74) is 0.413. The molecule has 0 amide bonds. The molecule has 0 aliphatic rings. The van der Waals surface area contributed by atoms with E-state index in [1.54, 1.807) is 12.1 Å². The molecule has 0 bridgehead atoms. The molecule has 0 fully saturated rings. The molecule has 0 aromatic heterocycles. The fraction of sp³-hybridized carbons (Fsp3) is 0.200. The first-order valence-corrected chi connectivity index (χ1v) is 3.90. The maximum Gasteiger partial charge on any atom is 0.343 e. The minimum absolute atomic E-state index is 0.167. The van der Waals surface area contributed by atoms with E-state index in [9.17, 15) is 4.79 Å². The molecule has 4 heteroatoms. The third-order valence-electron chi connectivity index (χ3n) is 1.76. The summed E-state index contributed by atoms with van der Waals surface area (Å²) in [5, 5.41) is 8.77. The molecule has 0 spiro atoms. The number of nitriles is 1. The van der Waals surface area contributed by atoms with Crippen molar-refractivity contribution >= 4 is 5.97 Å². The lowest BCUT2D eigenvalue weighted by molar-refractivity contribution is 0.0596. The van der Waals surface area contributed by atoms with Crippen molar-refractivity contribution in [3.63, 3.8) is 0 Å². The van der Waals surface area contributed by atoms with Gasteiger partial charge >= 0.3 is 5.97 Å². The number of benzene rings is 1. The second-order valence-corrected chi connectivity index (χ2v) is 2.49. The van der Waals surface area contributed by atoms with Crippen LogP contribution in [0.5, 0.6) is 5.75 Å². The first kappa shape index (κ1) is 10.1. The molecule has 0 aliphatic heterocycles. The maximum absolute atomic E-state index is 11.3. The molecule has 0 atom stereocenters. The summed E-state index contributed by atoms with van der Waals surface area (Å²) >= 11 is 0. The van der Waals surface area contributed by atoms with E-state index in [0.717, 1.165) is 0 Å². The largest absolute Gasteiger partial charge is 0.496 e. The zero-order chi connectivity index (χ0) is 10.6. The van der Waals surface area contributed by atoms with Crippen LogP contribution >= 0.6 is 0 Å². The van der Waals surface area contributed by atoms with Gasteiger partial charge in [-0.2, -0.15) is 5.26 Å². The summed E-state index contributed by atoms with van der Waals surface area (Å²) < 4.78 is 9.51. The van der Waals surface area contributed by atoms with Crippen LogP contribution < -0.4 is 4.74 Å². The van der Waals surface area contributed by atoms with Crippen molar-refractivity contribution in [2.75, 3.05) is 14.2 Å². The summed E-state index contributed by atoms with van der Waals surface area (Å²) in [6, 6.07) is 6.69. The molecule has 0 saturated carbocycles. The van der Waals surface area contributed by atoms with Crippen LogP contribution in [0, 0.1) is 11.3 Å². The highest BCUT2D eigenvalue weighted by Crippen LogP contribution is 2.22. The van der Waals surface area contributed by atoms with Gasteiger partial charge in [-0.25, -0.2) is 4.79 Å². The van der Waals surface area contributed by atoms with Gasteiger partial charge in [0.1, 0.15) is 17.4 Å². The Morgan fingerprint density at radius 2 is 2.14 bits per heavy atom. The Kier molecular flexibility index (Phi) is 3.08. The minimum atomic E-state index is -0.570. The molecular weight excluding hydrogens is 182 g/mol. The number of nitrogens with zero attached hydrogens (tertiary/aromatic N) is 1. The second kappa shape index (κ2) is 4.28. The fourth-order valence-electron chi connectivity index (χ4n) is 1.11. The summed E-state index contributed by atoms with van der Waals surface area (Å²) in [6.07, 6.45) is 0. The van der Waals surface area contributed by atoms with Gasteiger partial charge in [-0.3, -0.25) is 0 Å². The van der Waals surface area contributed by atoms with Gasteiger partial charge in [-0.15, -0.1) is 0 Å². The van der Waals surface area contributed by atoms with Crippen molar-refractivity contribution in [3.05, 3.63) is 29.3 Å². The second-order valence-electron chi connectivity index (χ2n) is 2.49. The van der Waals surface area contributed by atoms with E-state index in [1.807, 2.05) is 6.07 Å². The molecule has 14 heavy (non-hydrogen) atoms. The molecule has 0 aliphatic carbocycles. The third kappa shape index (κ3) is 1.67. The molecule has 0 unspecified atom stereocenters. The average molecular weight is 191 g/mol. The molecule has 1 aromatic rings. The number of methoxy groups -OCH3 is 2. The van der Waals surface area contributed by atoms with Gasteiger partial charge in [0, 0.05) is 0 Å². The zero-order valence-corrected chi connectivity index (χ0v) is 7.90. The molecule has 1 aromatic carbocycles. The Morgan fingerprint density at radius 3 is 2.64 bits per heavy atom. The summed E-state index contributed by atoms with van der Waals surface area (Å²) in [5.74, 6) is -0.227. The Morgan fingerprint density at radius 1 is 1.43 bits per heavy atom. The van der Waals surface area contributed by atoms with Crippen LogP contribution in [0.4, 0.5) is 0 Å². The molecule has 1 rings (SSSR count). The van der Waals surface area contributed by atoms with Crippen LogP contribution in [0.1, 0.15) is 15.9 Å². The monoisotopic (exact) mass is 191 g/mol. The zero-order valence-electron chi connectivity index (χ0n) is 7.90. The normalized spacial score (nSPS) is 8.93. The lowest BCUT2D eigenvalue weighted by Crippen LogP contribution is -2.06. The molecule has 0 radical (unpaired) electrons. The first-order valence-electron chi connectivity index (χ1n) is 3.90. The maximum atomic E-state index is 11.3. The Hall–Kier alpha value is -2.02. The van der Waals surface area contributed by atoms with Gasteiger partial charge in [0.25, 0.3) is 0 Å². The quantitative estimate of drug-likeness (QED) is 0.662. The van der Waals surface area contributed by atoms with Gasteiger partial charge in [0.15, 0.2) is 0 Å². The third-order valence-corrected chi connectivity index (χ3v) is 1.76. The van der Waals surface area contributed by atoms with E-state index in [4.69, 9.17) is 10.00 Å². The molecular formula is C10H9NO3. The van der Waals surface area contributed by atoms with Crippen molar-refractivity contribution in [1.82, 2.24) is 0 Å². The Bertz CT molecular complexity index is 393. The number of carbonyl (C=O) groups excluding carboxylic acids is 1. The molecule has 4 nitrogen and oxygen atoms in total. The first-order chi connectivity index (χ1) is 6.74. The predicted molar refractivity (Wildman–Crippen MR) is 49.0 cm³/mol.